The SMILES string of the molecule is CCCCCCCCCCCCNC(=O)CCC(NC(=O)CCNC(=O)CCCCS)C(=O)NCCCCCCCCCCCC. The minimum Gasteiger partial charge on any atom is -0.356 e. The van der Waals surface area contributed by atoms with Crippen LogP contribution in [0.2, 0.25) is 0 Å². The molecule has 0 aromatic rings. The van der Waals surface area contributed by atoms with E-state index in [1.54, 1.807) is 0 Å². The molecular weight excluding hydrogens is 596 g/mol. The molecular formula is C37H72N4O4S. The van der Waals surface area contributed by atoms with Crippen molar-refractivity contribution in [2.75, 3.05) is 25.4 Å². The highest BCUT2D eigenvalue weighted by atomic mass is 32.1. The van der Waals surface area contributed by atoms with E-state index in [2.05, 4.69) is 47.7 Å². The molecule has 0 radical (unpaired) electrons. The van der Waals surface area contributed by atoms with Gasteiger partial charge < -0.3 is 21.3 Å². The second kappa shape index (κ2) is 34.6. The summed E-state index contributed by atoms with van der Waals surface area (Å²) in [4.78, 5) is 50.1. The molecule has 270 valence electrons. The second-order valence-electron chi connectivity index (χ2n) is 12.9. The van der Waals surface area contributed by atoms with Gasteiger partial charge in [-0.2, -0.15) is 12.6 Å². The van der Waals surface area contributed by atoms with Gasteiger partial charge in [-0.25, -0.2) is 0 Å². The van der Waals surface area contributed by atoms with Crippen LogP contribution in [0.15, 0.2) is 0 Å². The van der Waals surface area contributed by atoms with Crippen LogP contribution in [0.5, 0.6) is 0 Å². The van der Waals surface area contributed by atoms with Gasteiger partial charge in [-0.1, -0.05) is 129 Å². The summed E-state index contributed by atoms with van der Waals surface area (Å²) in [6.07, 6.45) is 27.3. The maximum Gasteiger partial charge on any atom is 0.242 e. The number of hydrogen-bond acceptors (Lipinski definition) is 5. The van der Waals surface area contributed by atoms with Crippen LogP contribution in [0.4, 0.5) is 0 Å². The van der Waals surface area contributed by atoms with Crippen LogP contribution in [0.25, 0.3) is 0 Å². The number of rotatable bonds is 34. The first kappa shape index (κ1) is 44.2. The van der Waals surface area contributed by atoms with E-state index in [1.807, 2.05) is 0 Å². The molecule has 0 aliphatic rings. The number of carbonyl (C=O) groups is 4. The van der Waals surface area contributed by atoms with E-state index in [1.165, 1.54) is 103 Å². The Bertz CT molecular complexity index is 753. The standard InChI is InChI=1S/C37H72N4O4S/c1-3-5-7-9-11-13-15-17-19-22-29-38-35(43)27-26-33(41-36(44)28-31-39-34(42)25-21-24-32-46)37(45)40-30-23-20-18-16-14-12-10-8-6-4-2/h33,46H,3-32H2,1-2H3,(H,38,43)(H,39,42)(H,40,45)(H,41,44). The Balaban J connectivity index is 4.42. The molecule has 9 heteroatoms. The number of carbonyl (C=O) groups excluding carboxylic acids is 4. The molecule has 46 heavy (non-hydrogen) atoms. The third-order valence-electron chi connectivity index (χ3n) is 8.48. The van der Waals surface area contributed by atoms with E-state index in [0.29, 0.717) is 19.5 Å². The highest BCUT2D eigenvalue weighted by molar-refractivity contribution is 7.80. The van der Waals surface area contributed by atoms with Crippen molar-refractivity contribution in [3.63, 3.8) is 0 Å². The van der Waals surface area contributed by atoms with Crippen molar-refractivity contribution >= 4 is 36.3 Å². The van der Waals surface area contributed by atoms with Crippen molar-refractivity contribution in [1.82, 2.24) is 21.3 Å². The fraction of sp³-hybridized carbons (Fsp3) is 0.892. The summed E-state index contributed by atoms with van der Waals surface area (Å²) < 4.78 is 0. The summed E-state index contributed by atoms with van der Waals surface area (Å²) in [5.41, 5.74) is 0. The molecule has 1 unspecified atom stereocenters. The third kappa shape index (κ3) is 30.9. The van der Waals surface area contributed by atoms with Crippen molar-refractivity contribution in [3.8, 4) is 0 Å². The molecule has 0 rings (SSSR count). The maximum absolute atomic E-state index is 13.0. The molecule has 0 aromatic carbocycles. The molecule has 1 atom stereocenters. The summed E-state index contributed by atoms with van der Waals surface area (Å²) in [6.45, 7) is 5.91. The molecule has 0 spiro atoms. The summed E-state index contributed by atoms with van der Waals surface area (Å²) in [5.74, 6) is 0.0176. The zero-order valence-corrected chi connectivity index (χ0v) is 30.8. The molecule has 0 fully saturated rings. The van der Waals surface area contributed by atoms with E-state index in [-0.39, 0.29) is 49.4 Å². The molecule has 4 amide bonds. The average molecular weight is 669 g/mol. The second-order valence-corrected chi connectivity index (χ2v) is 13.4. The number of thiol groups is 1. The lowest BCUT2D eigenvalue weighted by Gasteiger charge is -2.19. The van der Waals surface area contributed by atoms with Gasteiger partial charge in [0.1, 0.15) is 6.04 Å². The van der Waals surface area contributed by atoms with Crippen LogP contribution < -0.4 is 21.3 Å². The predicted molar refractivity (Wildman–Crippen MR) is 196 cm³/mol. The van der Waals surface area contributed by atoms with Crippen LogP contribution >= 0.6 is 12.6 Å². The van der Waals surface area contributed by atoms with Crippen LogP contribution in [-0.4, -0.2) is 55.1 Å². The van der Waals surface area contributed by atoms with Gasteiger partial charge in [0.25, 0.3) is 0 Å². The van der Waals surface area contributed by atoms with Crippen molar-refractivity contribution < 1.29 is 19.2 Å². The Kier molecular flexibility index (Phi) is 33.2. The van der Waals surface area contributed by atoms with Gasteiger partial charge in [-0.05, 0) is 37.9 Å². The predicted octanol–water partition coefficient (Wildman–Crippen LogP) is 7.93. The summed E-state index contributed by atoms with van der Waals surface area (Å²) in [6, 6.07) is -0.773. The van der Waals surface area contributed by atoms with E-state index in [9.17, 15) is 19.2 Å². The first-order valence-corrected chi connectivity index (χ1v) is 19.8. The summed E-state index contributed by atoms with van der Waals surface area (Å²) in [5, 5.41) is 11.5. The van der Waals surface area contributed by atoms with E-state index < -0.39 is 6.04 Å². The van der Waals surface area contributed by atoms with Crippen molar-refractivity contribution in [3.05, 3.63) is 0 Å². The lowest BCUT2D eigenvalue weighted by atomic mass is 10.1. The van der Waals surface area contributed by atoms with Gasteiger partial charge in [0, 0.05) is 38.9 Å². The number of nitrogens with one attached hydrogen (secondary N) is 4. The Morgan fingerprint density at radius 1 is 0.457 bits per heavy atom. The van der Waals surface area contributed by atoms with Crippen molar-refractivity contribution in [2.24, 2.45) is 0 Å². The number of hydrogen-bond donors (Lipinski definition) is 5. The summed E-state index contributed by atoms with van der Waals surface area (Å²) >= 11 is 4.16. The Morgan fingerprint density at radius 3 is 1.39 bits per heavy atom. The van der Waals surface area contributed by atoms with Crippen molar-refractivity contribution in [1.29, 1.82) is 0 Å². The normalized spacial score (nSPS) is 11.6. The van der Waals surface area contributed by atoms with Gasteiger partial charge >= 0.3 is 0 Å². The number of unbranched alkanes of at least 4 members (excludes halogenated alkanes) is 19. The molecule has 0 heterocycles. The summed E-state index contributed by atoms with van der Waals surface area (Å²) in [7, 11) is 0. The van der Waals surface area contributed by atoms with Gasteiger partial charge in [-0.15, -0.1) is 0 Å². The minimum atomic E-state index is -0.773. The molecule has 0 saturated heterocycles. The zero-order chi connectivity index (χ0) is 33.9. The fourth-order valence-corrected chi connectivity index (χ4v) is 5.71. The maximum atomic E-state index is 13.0. The lowest BCUT2D eigenvalue weighted by molar-refractivity contribution is -0.130. The quantitative estimate of drug-likeness (QED) is 0.0354. The Morgan fingerprint density at radius 2 is 0.891 bits per heavy atom. The smallest absolute Gasteiger partial charge is 0.242 e. The molecule has 4 N–H and O–H groups in total. The molecule has 0 aromatic heterocycles. The van der Waals surface area contributed by atoms with E-state index in [0.717, 1.165) is 44.3 Å². The molecule has 0 aliphatic carbocycles. The van der Waals surface area contributed by atoms with Gasteiger partial charge in [0.2, 0.25) is 23.6 Å². The topological polar surface area (TPSA) is 116 Å². The van der Waals surface area contributed by atoms with Crippen molar-refractivity contribution in [2.45, 2.75) is 187 Å². The average Bonchev–Trinajstić information content (AvgIpc) is 3.04. The van der Waals surface area contributed by atoms with Gasteiger partial charge in [0.15, 0.2) is 0 Å². The molecule has 0 aliphatic heterocycles. The highest BCUT2D eigenvalue weighted by Gasteiger charge is 2.21. The molecule has 0 saturated carbocycles. The highest BCUT2D eigenvalue weighted by Crippen LogP contribution is 2.11. The number of amides is 4. The third-order valence-corrected chi connectivity index (χ3v) is 8.80. The molecule has 0 bridgehead atoms. The Hall–Kier alpha value is -1.77. The molecule has 8 nitrogen and oxygen atoms in total. The zero-order valence-electron chi connectivity index (χ0n) is 29.9. The fourth-order valence-electron chi connectivity index (χ4n) is 5.49. The van der Waals surface area contributed by atoms with E-state index >= 15 is 0 Å². The lowest BCUT2D eigenvalue weighted by Crippen LogP contribution is -2.48. The monoisotopic (exact) mass is 669 g/mol. The van der Waals surface area contributed by atoms with Crippen LogP contribution in [0, 0.1) is 0 Å². The van der Waals surface area contributed by atoms with E-state index in [4.69, 9.17) is 0 Å². The van der Waals surface area contributed by atoms with Crippen LogP contribution in [-0.2, 0) is 19.2 Å². The van der Waals surface area contributed by atoms with Gasteiger partial charge in [0.05, 0.1) is 0 Å². The van der Waals surface area contributed by atoms with Gasteiger partial charge in [-0.3, -0.25) is 19.2 Å². The van der Waals surface area contributed by atoms with Crippen LogP contribution in [0.1, 0.15) is 181 Å². The first-order chi connectivity index (χ1) is 22.4. The first-order valence-electron chi connectivity index (χ1n) is 19.2. The Labute approximate surface area is 288 Å². The minimum absolute atomic E-state index is 0.0838. The largest absolute Gasteiger partial charge is 0.356 e. The van der Waals surface area contributed by atoms with Crippen LogP contribution in [0.3, 0.4) is 0 Å².